The van der Waals surface area contributed by atoms with Crippen molar-refractivity contribution in [2.45, 2.75) is 51.5 Å². The van der Waals surface area contributed by atoms with Crippen LogP contribution in [-0.4, -0.2) is 30.9 Å². The normalized spacial score (nSPS) is 34.9. The van der Waals surface area contributed by atoms with Gasteiger partial charge in [0, 0.05) is 6.54 Å². The van der Waals surface area contributed by atoms with Crippen molar-refractivity contribution in [2.75, 3.05) is 23.3 Å². The summed E-state index contributed by atoms with van der Waals surface area (Å²) in [6.45, 7) is 2.97. The third-order valence-corrected chi connectivity index (χ3v) is 7.36. The fourth-order valence-corrected chi connectivity index (χ4v) is 6.63. The third-order valence-electron chi connectivity index (χ3n) is 7.36. The molecule has 2 amide bonds. The number of carbonyl (C=O) groups is 2. The molecule has 1 atom stereocenters. The largest absolute Gasteiger partial charge is 0.323 e. The Bertz CT molecular complexity index is 739. The Morgan fingerprint density at radius 2 is 1.81 bits per heavy atom. The molecule has 4 bridgehead atoms. The van der Waals surface area contributed by atoms with Gasteiger partial charge in [-0.1, -0.05) is 12.1 Å². The Balaban J connectivity index is 1.27. The second kappa shape index (κ2) is 6.33. The molecule has 4 aliphatic carbocycles. The molecule has 5 heteroatoms. The summed E-state index contributed by atoms with van der Waals surface area (Å²) < 4.78 is 0. The van der Waals surface area contributed by atoms with Gasteiger partial charge in [0.05, 0.1) is 17.4 Å². The summed E-state index contributed by atoms with van der Waals surface area (Å²) >= 11 is 0. The number of rotatable bonds is 4. The van der Waals surface area contributed by atoms with Crippen molar-refractivity contribution in [2.24, 2.45) is 23.2 Å². The van der Waals surface area contributed by atoms with Gasteiger partial charge in [-0.05, 0) is 80.8 Å². The van der Waals surface area contributed by atoms with E-state index in [1.807, 2.05) is 31.2 Å². The number of carbonyl (C=O) groups excluding carboxylic acids is 2. The number of nitrogens with zero attached hydrogens (tertiary/aromatic N) is 1. The number of hydrogen-bond acceptors (Lipinski definition) is 3. The highest BCUT2D eigenvalue weighted by atomic mass is 16.2. The van der Waals surface area contributed by atoms with Crippen LogP contribution in [0.5, 0.6) is 0 Å². The first-order chi connectivity index (χ1) is 13.0. The molecule has 4 saturated carbocycles. The number of benzene rings is 1. The summed E-state index contributed by atoms with van der Waals surface area (Å²) in [5.74, 6) is 2.61. The van der Waals surface area contributed by atoms with Gasteiger partial charge in [0.25, 0.3) is 0 Å². The van der Waals surface area contributed by atoms with Gasteiger partial charge in [-0.3, -0.25) is 14.5 Å². The zero-order valence-electron chi connectivity index (χ0n) is 16.0. The van der Waals surface area contributed by atoms with Crippen LogP contribution in [0.4, 0.5) is 11.4 Å². The lowest BCUT2D eigenvalue weighted by Gasteiger charge is -2.57. The fourth-order valence-electron chi connectivity index (χ4n) is 6.63. The van der Waals surface area contributed by atoms with Crippen LogP contribution in [0.1, 0.15) is 45.4 Å². The van der Waals surface area contributed by atoms with Gasteiger partial charge in [-0.15, -0.1) is 0 Å². The zero-order chi connectivity index (χ0) is 18.6. The van der Waals surface area contributed by atoms with Crippen molar-refractivity contribution in [3.8, 4) is 0 Å². The molecule has 6 rings (SSSR count). The maximum Gasteiger partial charge on any atom is 0.244 e. The lowest BCUT2D eigenvalue weighted by atomic mass is 9.49. The molecule has 4 fully saturated rings. The molecule has 0 saturated heterocycles. The lowest BCUT2D eigenvalue weighted by molar-refractivity contribution is -0.123. The van der Waals surface area contributed by atoms with E-state index in [2.05, 4.69) is 10.6 Å². The van der Waals surface area contributed by atoms with Crippen molar-refractivity contribution in [1.82, 2.24) is 5.32 Å². The van der Waals surface area contributed by atoms with Gasteiger partial charge in [-0.25, -0.2) is 0 Å². The average Bonchev–Trinajstić information content (AvgIpc) is 2.64. The monoisotopic (exact) mass is 367 g/mol. The van der Waals surface area contributed by atoms with Crippen LogP contribution < -0.4 is 15.5 Å². The van der Waals surface area contributed by atoms with Crippen LogP contribution in [0.2, 0.25) is 0 Å². The van der Waals surface area contributed by atoms with E-state index in [0.29, 0.717) is 5.41 Å². The smallest absolute Gasteiger partial charge is 0.244 e. The lowest BCUT2D eigenvalue weighted by Crippen LogP contribution is -2.55. The van der Waals surface area contributed by atoms with Gasteiger partial charge >= 0.3 is 0 Å². The van der Waals surface area contributed by atoms with Crippen LogP contribution in [-0.2, 0) is 9.59 Å². The summed E-state index contributed by atoms with van der Waals surface area (Å²) in [4.78, 5) is 26.8. The quantitative estimate of drug-likeness (QED) is 0.859. The number of hydrogen-bond donors (Lipinski definition) is 2. The van der Waals surface area contributed by atoms with E-state index in [0.717, 1.165) is 35.7 Å². The van der Waals surface area contributed by atoms with Crippen LogP contribution in [0.25, 0.3) is 0 Å². The van der Waals surface area contributed by atoms with E-state index in [1.54, 1.807) is 4.90 Å². The van der Waals surface area contributed by atoms with E-state index in [9.17, 15) is 9.59 Å². The molecule has 1 aromatic rings. The van der Waals surface area contributed by atoms with Crippen molar-refractivity contribution >= 4 is 23.2 Å². The van der Waals surface area contributed by atoms with Crippen LogP contribution in [0, 0.1) is 23.2 Å². The molecule has 1 aromatic carbocycles. The van der Waals surface area contributed by atoms with E-state index < -0.39 is 0 Å². The molecule has 144 valence electrons. The Morgan fingerprint density at radius 3 is 2.48 bits per heavy atom. The van der Waals surface area contributed by atoms with Gasteiger partial charge < -0.3 is 10.6 Å². The molecule has 0 radical (unpaired) electrons. The summed E-state index contributed by atoms with van der Waals surface area (Å²) in [6, 6.07) is 7.25. The number of amides is 2. The van der Waals surface area contributed by atoms with Crippen molar-refractivity contribution in [1.29, 1.82) is 0 Å². The molecule has 5 nitrogen and oxygen atoms in total. The van der Waals surface area contributed by atoms with E-state index in [-0.39, 0.29) is 24.4 Å². The van der Waals surface area contributed by atoms with Gasteiger partial charge in [0.15, 0.2) is 0 Å². The molecule has 1 heterocycles. The molecule has 0 unspecified atom stereocenters. The SMILES string of the molecule is C[C@H](NCC12CC3CC(CC(C3)C1)C2)C(=O)N1CC(=O)Nc2ccccc21. The minimum absolute atomic E-state index is 0.0120. The Kier molecular flexibility index (Phi) is 4.04. The average molecular weight is 367 g/mol. The van der Waals surface area contributed by atoms with Crippen molar-refractivity contribution < 1.29 is 9.59 Å². The highest BCUT2D eigenvalue weighted by Crippen LogP contribution is 2.59. The second-order valence-corrected chi connectivity index (χ2v) is 9.51. The van der Waals surface area contributed by atoms with Crippen molar-refractivity contribution in [3.63, 3.8) is 0 Å². The fraction of sp³-hybridized carbons (Fsp3) is 0.636. The van der Waals surface area contributed by atoms with E-state index in [4.69, 9.17) is 0 Å². The maximum absolute atomic E-state index is 13.1. The van der Waals surface area contributed by atoms with E-state index >= 15 is 0 Å². The minimum Gasteiger partial charge on any atom is -0.323 e. The first kappa shape index (κ1) is 17.2. The Hall–Kier alpha value is -1.88. The molecular formula is C22H29N3O2. The number of para-hydroxylation sites is 2. The summed E-state index contributed by atoms with van der Waals surface area (Å²) in [6.07, 6.45) is 8.32. The molecule has 27 heavy (non-hydrogen) atoms. The van der Waals surface area contributed by atoms with Gasteiger partial charge in [-0.2, -0.15) is 0 Å². The molecule has 0 spiro atoms. The molecule has 1 aliphatic heterocycles. The van der Waals surface area contributed by atoms with Crippen LogP contribution in [0.3, 0.4) is 0 Å². The molecule has 2 N–H and O–H groups in total. The van der Waals surface area contributed by atoms with Gasteiger partial charge in [0.1, 0.15) is 6.54 Å². The predicted molar refractivity (Wildman–Crippen MR) is 105 cm³/mol. The zero-order valence-corrected chi connectivity index (χ0v) is 16.0. The standard InChI is InChI=1S/C22H29N3O2/c1-14(21(27)25-12-20(26)24-18-4-2-3-5-19(18)25)23-13-22-9-15-6-16(10-22)8-17(7-15)11-22/h2-5,14-17,23H,6-13H2,1H3,(H,24,26)/t14-,15?,16?,17?,22?/m0/s1. The predicted octanol–water partition coefficient (Wildman–Crippen LogP) is 3.17. The number of nitrogens with one attached hydrogen (secondary N) is 2. The first-order valence-electron chi connectivity index (χ1n) is 10.4. The second-order valence-electron chi connectivity index (χ2n) is 9.51. The molecule has 5 aliphatic rings. The summed E-state index contributed by atoms with van der Waals surface area (Å²) in [5, 5.41) is 6.41. The van der Waals surface area contributed by atoms with Gasteiger partial charge in [0.2, 0.25) is 11.8 Å². The highest BCUT2D eigenvalue weighted by Gasteiger charge is 2.50. The maximum atomic E-state index is 13.1. The minimum atomic E-state index is -0.281. The van der Waals surface area contributed by atoms with E-state index in [1.165, 1.54) is 38.5 Å². The number of anilines is 2. The third kappa shape index (κ3) is 3.06. The summed E-state index contributed by atoms with van der Waals surface area (Å²) in [5.41, 5.74) is 1.92. The van der Waals surface area contributed by atoms with Crippen LogP contribution in [0.15, 0.2) is 24.3 Å². The Morgan fingerprint density at radius 1 is 1.19 bits per heavy atom. The Labute approximate surface area is 160 Å². The number of fused-ring (bicyclic) bond motifs is 1. The molecular weight excluding hydrogens is 338 g/mol. The molecule has 0 aromatic heterocycles. The van der Waals surface area contributed by atoms with Crippen molar-refractivity contribution in [3.05, 3.63) is 24.3 Å². The topological polar surface area (TPSA) is 61.4 Å². The first-order valence-corrected chi connectivity index (χ1v) is 10.4. The van der Waals surface area contributed by atoms with Crippen LogP contribution >= 0.6 is 0 Å². The highest BCUT2D eigenvalue weighted by molar-refractivity contribution is 6.11. The summed E-state index contributed by atoms with van der Waals surface area (Å²) in [7, 11) is 0.